The summed E-state index contributed by atoms with van der Waals surface area (Å²) >= 11 is 1.80. The molecule has 1 nitrogen and oxygen atoms in total. The zero-order chi connectivity index (χ0) is 10.6. The summed E-state index contributed by atoms with van der Waals surface area (Å²) in [4.78, 5) is 0. The summed E-state index contributed by atoms with van der Waals surface area (Å²) in [6, 6.07) is 0. The van der Waals surface area contributed by atoms with Gasteiger partial charge in [0.1, 0.15) is 0 Å². The minimum absolute atomic E-state index is 0.0861. The quantitative estimate of drug-likeness (QED) is 0.481. The van der Waals surface area contributed by atoms with Crippen molar-refractivity contribution in [2.75, 3.05) is 0 Å². The van der Waals surface area contributed by atoms with Crippen LogP contribution in [-0.4, -0.2) is 21.3 Å². The van der Waals surface area contributed by atoms with Gasteiger partial charge < -0.3 is 5.11 Å². The van der Waals surface area contributed by atoms with Crippen molar-refractivity contribution in [1.29, 1.82) is 0 Å². The lowest BCUT2D eigenvalue weighted by Gasteiger charge is -2.20. The number of alkyl halides is 4. The molecule has 0 aromatic heterocycles. The van der Waals surface area contributed by atoms with Crippen molar-refractivity contribution in [2.24, 2.45) is 5.92 Å². The highest BCUT2D eigenvalue weighted by molar-refractivity contribution is 14.1. The summed E-state index contributed by atoms with van der Waals surface area (Å²) in [5.74, 6) is -1.39. The maximum atomic E-state index is 12.1. The summed E-state index contributed by atoms with van der Waals surface area (Å²) in [7, 11) is 0. The molecule has 0 aliphatic carbocycles. The van der Waals surface area contributed by atoms with Crippen molar-refractivity contribution >= 4 is 22.6 Å². The van der Waals surface area contributed by atoms with Crippen LogP contribution >= 0.6 is 22.6 Å². The molecule has 0 saturated carbocycles. The minimum atomic E-state index is -4.18. The van der Waals surface area contributed by atoms with Gasteiger partial charge in [-0.05, 0) is 6.42 Å². The van der Waals surface area contributed by atoms with Crippen LogP contribution in [0.4, 0.5) is 13.2 Å². The van der Waals surface area contributed by atoms with Crippen molar-refractivity contribution < 1.29 is 18.3 Å². The second-order valence-electron chi connectivity index (χ2n) is 2.92. The molecule has 78 valence electrons. The number of aliphatic hydroxyl groups is 1. The number of halogens is 4. The smallest absolute Gasteiger partial charge is 0.388 e. The van der Waals surface area contributed by atoms with Crippen molar-refractivity contribution in [1.82, 2.24) is 0 Å². The first-order chi connectivity index (χ1) is 5.79. The Labute approximate surface area is 89.2 Å². The first-order valence-electron chi connectivity index (χ1n) is 3.80. The maximum absolute atomic E-state index is 12.1. The van der Waals surface area contributed by atoms with Gasteiger partial charge in [-0.2, -0.15) is 13.2 Å². The highest BCUT2D eigenvalue weighted by atomic mass is 127. The van der Waals surface area contributed by atoms with Crippen molar-refractivity contribution in [2.45, 2.75) is 29.5 Å². The standard InChI is InChI=1S/C8H12F3IO/c1-3-7(13)6(12)4-5(2)8(9,10)11/h3,5-7,13H,1,4H2,2H3. The predicted octanol–water partition coefficient (Wildman–Crippen LogP) is 2.93. The van der Waals surface area contributed by atoms with E-state index in [4.69, 9.17) is 5.11 Å². The summed E-state index contributed by atoms with van der Waals surface area (Å²) < 4.78 is 35.8. The molecule has 13 heavy (non-hydrogen) atoms. The third kappa shape index (κ3) is 4.85. The second kappa shape index (κ2) is 5.19. The van der Waals surface area contributed by atoms with E-state index >= 15 is 0 Å². The Balaban J connectivity index is 4.06. The van der Waals surface area contributed by atoms with Crippen LogP contribution in [0.5, 0.6) is 0 Å². The van der Waals surface area contributed by atoms with E-state index in [1.807, 2.05) is 0 Å². The van der Waals surface area contributed by atoms with Gasteiger partial charge in [0.15, 0.2) is 0 Å². The van der Waals surface area contributed by atoms with Crippen molar-refractivity contribution in [3.05, 3.63) is 12.7 Å². The largest absolute Gasteiger partial charge is 0.391 e. The normalized spacial score (nSPS) is 19.2. The fraction of sp³-hybridized carbons (Fsp3) is 0.750. The lowest BCUT2D eigenvalue weighted by molar-refractivity contribution is -0.171. The van der Waals surface area contributed by atoms with E-state index in [2.05, 4.69) is 6.58 Å². The van der Waals surface area contributed by atoms with Gasteiger partial charge in [-0.1, -0.05) is 35.6 Å². The molecular weight excluding hydrogens is 296 g/mol. The average molecular weight is 308 g/mol. The molecule has 0 saturated heterocycles. The predicted molar refractivity (Wildman–Crippen MR) is 53.8 cm³/mol. The molecule has 5 heteroatoms. The van der Waals surface area contributed by atoms with Crippen LogP contribution in [0.15, 0.2) is 12.7 Å². The van der Waals surface area contributed by atoms with Crippen LogP contribution in [0.3, 0.4) is 0 Å². The number of hydrogen-bond acceptors (Lipinski definition) is 1. The summed E-state index contributed by atoms with van der Waals surface area (Å²) in [5.41, 5.74) is 0. The van der Waals surface area contributed by atoms with E-state index in [1.165, 1.54) is 6.08 Å². The molecular formula is C8H12F3IO. The molecule has 3 atom stereocenters. The molecule has 0 radical (unpaired) electrons. The van der Waals surface area contributed by atoms with Crippen LogP contribution in [0.2, 0.25) is 0 Å². The molecule has 0 bridgehead atoms. The first-order valence-corrected chi connectivity index (χ1v) is 5.05. The van der Waals surface area contributed by atoms with E-state index < -0.39 is 22.1 Å². The van der Waals surface area contributed by atoms with E-state index in [0.29, 0.717) is 0 Å². The average Bonchev–Trinajstić information content (AvgIpc) is 2.01. The lowest BCUT2D eigenvalue weighted by atomic mass is 10.0. The highest BCUT2D eigenvalue weighted by Gasteiger charge is 2.37. The van der Waals surface area contributed by atoms with Crippen LogP contribution in [0.25, 0.3) is 0 Å². The lowest BCUT2D eigenvalue weighted by Crippen LogP contribution is -2.27. The molecule has 3 unspecified atom stereocenters. The molecule has 0 aromatic rings. The van der Waals surface area contributed by atoms with Gasteiger partial charge in [0.2, 0.25) is 0 Å². The molecule has 0 amide bonds. The molecule has 1 N–H and O–H groups in total. The van der Waals surface area contributed by atoms with Crippen LogP contribution in [0.1, 0.15) is 13.3 Å². The summed E-state index contributed by atoms with van der Waals surface area (Å²) in [6.07, 6.45) is -3.88. The highest BCUT2D eigenvalue weighted by Crippen LogP contribution is 2.31. The number of hydrogen-bond donors (Lipinski definition) is 1. The third-order valence-electron chi connectivity index (χ3n) is 1.75. The van der Waals surface area contributed by atoms with Crippen LogP contribution in [-0.2, 0) is 0 Å². The third-order valence-corrected chi connectivity index (χ3v) is 2.99. The Morgan fingerprint density at radius 3 is 2.31 bits per heavy atom. The Kier molecular flexibility index (Phi) is 5.28. The van der Waals surface area contributed by atoms with Crippen molar-refractivity contribution in [3.8, 4) is 0 Å². The van der Waals surface area contributed by atoms with Gasteiger partial charge in [0.05, 0.1) is 12.0 Å². The zero-order valence-corrected chi connectivity index (χ0v) is 9.34. The van der Waals surface area contributed by atoms with E-state index in [9.17, 15) is 13.2 Å². The Morgan fingerprint density at radius 2 is 2.00 bits per heavy atom. The topological polar surface area (TPSA) is 20.2 Å². The fourth-order valence-electron chi connectivity index (χ4n) is 0.758. The van der Waals surface area contributed by atoms with Crippen LogP contribution in [0, 0.1) is 5.92 Å². The van der Waals surface area contributed by atoms with Crippen molar-refractivity contribution in [3.63, 3.8) is 0 Å². The number of aliphatic hydroxyl groups excluding tert-OH is 1. The fourth-order valence-corrected chi connectivity index (χ4v) is 1.81. The zero-order valence-electron chi connectivity index (χ0n) is 7.18. The first kappa shape index (κ1) is 13.2. The molecule has 0 fully saturated rings. The maximum Gasteiger partial charge on any atom is 0.391 e. The second-order valence-corrected chi connectivity index (χ2v) is 4.52. The number of rotatable bonds is 4. The van der Waals surface area contributed by atoms with Gasteiger partial charge in [-0.15, -0.1) is 6.58 Å². The summed E-state index contributed by atoms with van der Waals surface area (Å²) in [5, 5.41) is 9.15. The van der Waals surface area contributed by atoms with E-state index in [0.717, 1.165) is 6.92 Å². The molecule has 0 aliphatic heterocycles. The van der Waals surface area contributed by atoms with Gasteiger partial charge in [-0.25, -0.2) is 0 Å². The molecule has 0 rings (SSSR count). The van der Waals surface area contributed by atoms with Gasteiger partial charge in [0.25, 0.3) is 0 Å². The molecule has 0 heterocycles. The molecule has 0 aliphatic rings. The van der Waals surface area contributed by atoms with Gasteiger partial charge >= 0.3 is 6.18 Å². The van der Waals surface area contributed by atoms with E-state index in [1.54, 1.807) is 22.6 Å². The molecule has 0 spiro atoms. The van der Waals surface area contributed by atoms with Crippen LogP contribution < -0.4 is 0 Å². The SMILES string of the molecule is C=CC(O)C(I)CC(C)C(F)(F)F. The Hall–Kier alpha value is 0.220. The molecule has 0 aromatic carbocycles. The van der Waals surface area contributed by atoms with E-state index in [-0.39, 0.29) is 6.42 Å². The summed E-state index contributed by atoms with van der Waals surface area (Å²) in [6.45, 7) is 4.43. The monoisotopic (exact) mass is 308 g/mol. The Bertz CT molecular complexity index is 169. The minimum Gasteiger partial charge on any atom is -0.388 e. The Morgan fingerprint density at radius 1 is 1.54 bits per heavy atom. The van der Waals surface area contributed by atoms with Gasteiger partial charge in [-0.3, -0.25) is 0 Å². The van der Waals surface area contributed by atoms with Gasteiger partial charge in [0, 0.05) is 3.92 Å².